The lowest BCUT2D eigenvalue weighted by molar-refractivity contribution is 0.228. The molecular weight excluding hydrogens is 126 g/mol. The topological polar surface area (TPSA) is 32.3 Å². The highest BCUT2D eigenvalue weighted by molar-refractivity contribution is 5.10. The van der Waals surface area contributed by atoms with Gasteiger partial charge in [-0.2, -0.15) is 0 Å². The van der Waals surface area contributed by atoms with Crippen LogP contribution in [0.3, 0.4) is 0 Å². The fourth-order valence-corrected chi connectivity index (χ4v) is 1.39. The number of allylic oxidation sites excluding steroid dienone is 1. The second-order valence-corrected chi connectivity index (χ2v) is 2.71. The molecule has 0 aromatic rings. The van der Waals surface area contributed by atoms with Gasteiger partial charge in [0.05, 0.1) is 0 Å². The zero-order valence-corrected chi connectivity index (χ0v) is 6.43. The number of hydrogen-bond acceptors (Lipinski definition) is 2. The maximum Gasteiger partial charge on any atom is 0.0497 e. The monoisotopic (exact) mass is 141 g/mol. The first kappa shape index (κ1) is 7.76. The van der Waals surface area contributed by atoms with Gasteiger partial charge in [-0.3, -0.25) is 0 Å². The van der Waals surface area contributed by atoms with Gasteiger partial charge in [0.1, 0.15) is 0 Å². The molecular formula is C8H15NO. The minimum atomic E-state index is 0.307. The first-order chi connectivity index (χ1) is 4.88. The number of rotatable bonds is 1. The lowest BCUT2D eigenvalue weighted by atomic mass is 9.93. The molecule has 0 aromatic heterocycles. The number of nitrogens with one attached hydrogen (secondary N) is 1. The third-order valence-corrected chi connectivity index (χ3v) is 2.11. The van der Waals surface area contributed by atoms with E-state index in [9.17, 15) is 0 Å². The predicted octanol–water partition coefficient (Wildman–Crippen LogP) is 0.534. The molecule has 1 rings (SSSR count). The summed E-state index contributed by atoms with van der Waals surface area (Å²) in [6, 6.07) is 0. The first-order valence-electron chi connectivity index (χ1n) is 3.85. The minimum absolute atomic E-state index is 0.307. The van der Waals surface area contributed by atoms with Crippen molar-refractivity contribution in [3.8, 4) is 0 Å². The summed E-state index contributed by atoms with van der Waals surface area (Å²) in [5, 5.41) is 12.2. The van der Waals surface area contributed by atoms with Gasteiger partial charge in [-0.15, -0.1) is 0 Å². The van der Waals surface area contributed by atoms with Crippen LogP contribution >= 0.6 is 0 Å². The first-order valence-corrected chi connectivity index (χ1v) is 3.85. The van der Waals surface area contributed by atoms with Crippen molar-refractivity contribution < 1.29 is 5.11 Å². The fraction of sp³-hybridized carbons (Fsp3) is 0.750. The Hall–Kier alpha value is -0.340. The van der Waals surface area contributed by atoms with Crippen LogP contribution in [-0.4, -0.2) is 24.8 Å². The van der Waals surface area contributed by atoms with Gasteiger partial charge < -0.3 is 10.4 Å². The van der Waals surface area contributed by atoms with Gasteiger partial charge in [0, 0.05) is 19.1 Å². The summed E-state index contributed by atoms with van der Waals surface area (Å²) in [6.45, 7) is 4.34. The zero-order chi connectivity index (χ0) is 7.40. The van der Waals surface area contributed by atoms with Crippen LogP contribution < -0.4 is 5.32 Å². The number of aliphatic hydroxyl groups excluding tert-OH is 1. The van der Waals surface area contributed by atoms with Crippen LogP contribution in [0.4, 0.5) is 0 Å². The summed E-state index contributed by atoms with van der Waals surface area (Å²) in [5.74, 6) is 0.422. The molecule has 2 heteroatoms. The van der Waals surface area contributed by atoms with E-state index in [1.165, 1.54) is 5.57 Å². The van der Waals surface area contributed by atoms with Gasteiger partial charge in [0.25, 0.3) is 0 Å². The van der Waals surface area contributed by atoms with Crippen molar-refractivity contribution in [1.29, 1.82) is 0 Å². The Labute approximate surface area is 61.9 Å². The fourth-order valence-electron chi connectivity index (χ4n) is 1.39. The molecule has 1 unspecified atom stereocenters. The largest absolute Gasteiger partial charge is 0.396 e. The average Bonchev–Trinajstić information content (AvgIpc) is 2.04. The Morgan fingerprint density at radius 1 is 1.80 bits per heavy atom. The Morgan fingerprint density at radius 3 is 3.10 bits per heavy atom. The molecule has 1 heterocycles. The zero-order valence-electron chi connectivity index (χ0n) is 6.43. The highest BCUT2D eigenvalue weighted by Gasteiger charge is 2.15. The van der Waals surface area contributed by atoms with Crippen LogP contribution in [0.15, 0.2) is 11.6 Å². The second kappa shape index (κ2) is 3.74. The van der Waals surface area contributed by atoms with Gasteiger partial charge in [-0.25, -0.2) is 0 Å². The smallest absolute Gasteiger partial charge is 0.0497 e. The van der Waals surface area contributed by atoms with Gasteiger partial charge in [0.15, 0.2) is 0 Å². The molecule has 1 saturated heterocycles. The Bertz CT molecular complexity index is 131. The number of aliphatic hydroxyl groups is 1. The molecule has 10 heavy (non-hydrogen) atoms. The van der Waals surface area contributed by atoms with E-state index in [-0.39, 0.29) is 0 Å². The molecule has 0 saturated carbocycles. The van der Waals surface area contributed by atoms with E-state index in [0.717, 1.165) is 19.5 Å². The maximum atomic E-state index is 8.92. The van der Waals surface area contributed by atoms with Crippen molar-refractivity contribution in [2.24, 2.45) is 5.92 Å². The Morgan fingerprint density at radius 2 is 2.60 bits per heavy atom. The highest BCUT2D eigenvalue weighted by atomic mass is 16.3. The van der Waals surface area contributed by atoms with E-state index < -0.39 is 0 Å². The summed E-state index contributed by atoms with van der Waals surface area (Å²) in [6.07, 6.45) is 3.18. The van der Waals surface area contributed by atoms with Crippen LogP contribution in [0.2, 0.25) is 0 Å². The molecule has 0 aliphatic carbocycles. The van der Waals surface area contributed by atoms with Crippen LogP contribution in [-0.2, 0) is 0 Å². The number of hydrogen-bond donors (Lipinski definition) is 2. The second-order valence-electron chi connectivity index (χ2n) is 2.71. The molecule has 0 radical (unpaired) electrons. The Kier molecular flexibility index (Phi) is 2.90. The van der Waals surface area contributed by atoms with Crippen LogP contribution in [0.1, 0.15) is 13.3 Å². The molecule has 0 amide bonds. The molecule has 2 nitrogen and oxygen atoms in total. The normalized spacial score (nSPS) is 31.0. The van der Waals surface area contributed by atoms with Crippen molar-refractivity contribution in [3.05, 3.63) is 11.6 Å². The van der Waals surface area contributed by atoms with E-state index in [1.807, 2.05) is 6.92 Å². The Balaban J connectivity index is 2.50. The average molecular weight is 141 g/mol. The van der Waals surface area contributed by atoms with Gasteiger partial charge in [0.2, 0.25) is 0 Å². The number of piperidine rings is 1. The maximum absolute atomic E-state index is 8.92. The van der Waals surface area contributed by atoms with Gasteiger partial charge in [-0.05, 0) is 19.9 Å². The van der Waals surface area contributed by atoms with Gasteiger partial charge in [-0.1, -0.05) is 11.6 Å². The predicted molar refractivity (Wildman–Crippen MR) is 41.8 cm³/mol. The summed E-state index contributed by atoms with van der Waals surface area (Å²) in [4.78, 5) is 0. The molecule has 0 spiro atoms. The molecule has 0 bridgehead atoms. The molecule has 1 atom stereocenters. The van der Waals surface area contributed by atoms with Crippen molar-refractivity contribution in [3.63, 3.8) is 0 Å². The summed E-state index contributed by atoms with van der Waals surface area (Å²) in [7, 11) is 0. The van der Waals surface area contributed by atoms with Crippen LogP contribution in [0.5, 0.6) is 0 Å². The van der Waals surface area contributed by atoms with Crippen LogP contribution in [0.25, 0.3) is 0 Å². The molecule has 1 aliphatic rings. The third-order valence-electron chi connectivity index (χ3n) is 2.11. The molecule has 1 fully saturated rings. The summed E-state index contributed by atoms with van der Waals surface area (Å²) < 4.78 is 0. The van der Waals surface area contributed by atoms with E-state index in [4.69, 9.17) is 5.11 Å². The van der Waals surface area contributed by atoms with Crippen molar-refractivity contribution in [1.82, 2.24) is 5.32 Å². The third kappa shape index (κ3) is 1.58. The molecule has 2 N–H and O–H groups in total. The van der Waals surface area contributed by atoms with Crippen molar-refractivity contribution in [2.75, 3.05) is 19.7 Å². The van der Waals surface area contributed by atoms with Crippen LogP contribution in [0, 0.1) is 5.92 Å². The lowest BCUT2D eigenvalue weighted by Gasteiger charge is -2.24. The van der Waals surface area contributed by atoms with Crippen molar-refractivity contribution in [2.45, 2.75) is 13.3 Å². The van der Waals surface area contributed by atoms with Crippen molar-refractivity contribution >= 4 is 0 Å². The molecule has 0 aromatic carbocycles. The van der Waals surface area contributed by atoms with Gasteiger partial charge >= 0.3 is 0 Å². The van der Waals surface area contributed by atoms with E-state index >= 15 is 0 Å². The standard InChI is InChI=1S/C8H15NO/c1-2-7-5-9-4-3-8(7)6-10/h2,8-10H,3-6H2,1H3. The SMILES string of the molecule is CC=C1CNCCC1CO. The highest BCUT2D eigenvalue weighted by Crippen LogP contribution is 2.16. The van der Waals surface area contributed by atoms with E-state index in [0.29, 0.717) is 12.5 Å². The molecule has 1 aliphatic heterocycles. The summed E-state index contributed by atoms with van der Waals surface area (Å²) in [5.41, 5.74) is 1.36. The quantitative estimate of drug-likeness (QED) is 0.522. The lowest BCUT2D eigenvalue weighted by Crippen LogP contribution is -2.31. The van der Waals surface area contributed by atoms with E-state index in [1.54, 1.807) is 0 Å². The molecule has 58 valence electrons. The summed E-state index contributed by atoms with van der Waals surface area (Å²) >= 11 is 0. The minimum Gasteiger partial charge on any atom is -0.396 e. The van der Waals surface area contributed by atoms with E-state index in [2.05, 4.69) is 11.4 Å².